The van der Waals surface area contributed by atoms with Gasteiger partial charge in [-0.05, 0) is 60.2 Å². The first-order valence-electron chi connectivity index (χ1n) is 9.66. The van der Waals surface area contributed by atoms with Gasteiger partial charge in [0.1, 0.15) is 5.75 Å². The van der Waals surface area contributed by atoms with Crippen LogP contribution >= 0.6 is 11.6 Å². The third kappa shape index (κ3) is 6.02. The minimum absolute atomic E-state index is 0.282. The van der Waals surface area contributed by atoms with Gasteiger partial charge in [-0.25, -0.2) is 10.2 Å². The predicted molar refractivity (Wildman–Crippen MR) is 124 cm³/mol. The summed E-state index contributed by atoms with van der Waals surface area (Å²) in [7, 11) is 4.41. The summed E-state index contributed by atoms with van der Waals surface area (Å²) >= 11 is 5.90. The zero-order valence-corrected chi connectivity index (χ0v) is 18.9. The first kappa shape index (κ1) is 23.6. The van der Waals surface area contributed by atoms with E-state index in [9.17, 15) is 9.59 Å². The monoisotopic (exact) mass is 468 g/mol. The van der Waals surface area contributed by atoms with E-state index in [4.69, 9.17) is 30.5 Å². The number of benzene rings is 3. The number of ether oxygens (including phenoxy) is 4. The summed E-state index contributed by atoms with van der Waals surface area (Å²) in [6, 6.07) is 16.1. The summed E-state index contributed by atoms with van der Waals surface area (Å²) in [5.74, 6) is 0.478. The van der Waals surface area contributed by atoms with Crippen molar-refractivity contribution in [3.8, 4) is 23.0 Å². The van der Waals surface area contributed by atoms with Crippen molar-refractivity contribution in [1.82, 2.24) is 5.43 Å². The van der Waals surface area contributed by atoms with E-state index in [1.165, 1.54) is 45.7 Å². The van der Waals surface area contributed by atoms with Crippen LogP contribution in [-0.4, -0.2) is 39.4 Å². The standard InChI is InChI=1S/C24H21ClN2O6/c1-30-20-12-17(13-21(31-2)22(20)32-3)23(28)27-26-14-15-7-9-19(10-8-15)33-24(29)16-5-4-6-18(25)11-16/h4-14H,1-3H3,(H,27,28). The minimum atomic E-state index is -0.517. The summed E-state index contributed by atoms with van der Waals surface area (Å²) in [5, 5.41) is 4.41. The van der Waals surface area contributed by atoms with Crippen molar-refractivity contribution in [2.24, 2.45) is 5.10 Å². The molecule has 0 aliphatic rings. The smallest absolute Gasteiger partial charge is 0.343 e. The van der Waals surface area contributed by atoms with E-state index in [1.54, 1.807) is 42.5 Å². The van der Waals surface area contributed by atoms with Crippen LogP contribution in [0.15, 0.2) is 65.8 Å². The summed E-state index contributed by atoms with van der Waals surface area (Å²) < 4.78 is 21.1. The number of hydrogen-bond donors (Lipinski definition) is 1. The number of rotatable bonds is 8. The number of nitrogens with one attached hydrogen (secondary N) is 1. The number of carbonyl (C=O) groups is 2. The van der Waals surface area contributed by atoms with E-state index in [1.807, 2.05) is 0 Å². The van der Waals surface area contributed by atoms with E-state index in [2.05, 4.69) is 10.5 Å². The molecule has 0 spiro atoms. The number of hydrazone groups is 1. The minimum Gasteiger partial charge on any atom is -0.493 e. The Morgan fingerprint density at radius 3 is 2.12 bits per heavy atom. The molecule has 9 heteroatoms. The number of hydrogen-bond acceptors (Lipinski definition) is 7. The lowest BCUT2D eigenvalue weighted by atomic mass is 10.1. The van der Waals surface area contributed by atoms with Crippen molar-refractivity contribution in [2.45, 2.75) is 0 Å². The fourth-order valence-electron chi connectivity index (χ4n) is 2.85. The Kier molecular flexibility index (Phi) is 7.88. The highest BCUT2D eigenvalue weighted by Crippen LogP contribution is 2.38. The number of carbonyl (C=O) groups excluding carboxylic acids is 2. The molecule has 0 aliphatic carbocycles. The van der Waals surface area contributed by atoms with Crippen LogP contribution in [0.1, 0.15) is 26.3 Å². The average molecular weight is 469 g/mol. The number of halogens is 1. The average Bonchev–Trinajstić information content (AvgIpc) is 2.83. The molecular formula is C24H21ClN2O6. The summed E-state index contributed by atoms with van der Waals surface area (Å²) in [5.41, 5.74) is 3.76. The van der Waals surface area contributed by atoms with Crippen LogP contribution in [0, 0.1) is 0 Å². The van der Waals surface area contributed by atoms with Gasteiger partial charge < -0.3 is 18.9 Å². The Bertz CT molecular complexity index is 1150. The normalized spacial score (nSPS) is 10.5. The Labute approximate surface area is 195 Å². The Hall–Kier alpha value is -4.04. The molecule has 0 radical (unpaired) electrons. The molecule has 0 aromatic heterocycles. The second kappa shape index (κ2) is 11.0. The van der Waals surface area contributed by atoms with Gasteiger partial charge in [0.25, 0.3) is 5.91 Å². The van der Waals surface area contributed by atoms with Crippen molar-refractivity contribution < 1.29 is 28.5 Å². The SMILES string of the molecule is COc1cc(C(=O)NN=Cc2ccc(OC(=O)c3cccc(Cl)c3)cc2)cc(OC)c1OC. The lowest BCUT2D eigenvalue weighted by Gasteiger charge is -2.13. The van der Waals surface area contributed by atoms with Gasteiger partial charge >= 0.3 is 5.97 Å². The Morgan fingerprint density at radius 2 is 1.55 bits per heavy atom. The highest BCUT2D eigenvalue weighted by atomic mass is 35.5. The highest BCUT2D eigenvalue weighted by Gasteiger charge is 2.16. The molecule has 0 saturated carbocycles. The second-order valence-corrected chi connectivity index (χ2v) is 7.02. The first-order valence-corrected chi connectivity index (χ1v) is 10.0. The van der Waals surface area contributed by atoms with Gasteiger partial charge in [-0.15, -0.1) is 0 Å². The van der Waals surface area contributed by atoms with Crippen LogP contribution in [0.5, 0.6) is 23.0 Å². The van der Waals surface area contributed by atoms with Crippen LogP contribution in [0.25, 0.3) is 0 Å². The van der Waals surface area contributed by atoms with Crippen LogP contribution in [0.3, 0.4) is 0 Å². The molecule has 3 aromatic carbocycles. The van der Waals surface area contributed by atoms with Gasteiger partial charge in [-0.2, -0.15) is 5.10 Å². The zero-order chi connectivity index (χ0) is 23.8. The zero-order valence-electron chi connectivity index (χ0n) is 18.1. The lowest BCUT2D eigenvalue weighted by molar-refractivity contribution is 0.0734. The lowest BCUT2D eigenvalue weighted by Crippen LogP contribution is -2.18. The topological polar surface area (TPSA) is 95.5 Å². The second-order valence-electron chi connectivity index (χ2n) is 6.58. The molecule has 0 heterocycles. The fraction of sp³-hybridized carbons (Fsp3) is 0.125. The quantitative estimate of drug-likeness (QED) is 0.228. The van der Waals surface area contributed by atoms with Crippen molar-refractivity contribution >= 4 is 29.7 Å². The largest absolute Gasteiger partial charge is 0.493 e. The summed E-state index contributed by atoms with van der Waals surface area (Å²) in [6.45, 7) is 0. The molecule has 8 nitrogen and oxygen atoms in total. The third-order valence-electron chi connectivity index (χ3n) is 4.46. The van der Waals surface area contributed by atoms with Crippen LogP contribution in [0.2, 0.25) is 5.02 Å². The van der Waals surface area contributed by atoms with Gasteiger partial charge in [0, 0.05) is 10.6 Å². The number of nitrogens with zero attached hydrogens (tertiary/aromatic N) is 1. The molecule has 0 bridgehead atoms. The van der Waals surface area contributed by atoms with Crippen LogP contribution in [0.4, 0.5) is 0 Å². The summed E-state index contributed by atoms with van der Waals surface area (Å²) in [6.07, 6.45) is 1.46. The van der Waals surface area contributed by atoms with E-state index < -0.39 is 11.9 Å². The highest BCUT2D eigenvalue weighted by molar-refractivity contribution is 6.30. The van der Waals surface area contributed by atoms with Crippen molar-refractivity contribution in [2.75, 3.05) is 21.3 Å². The van der Waals surface area contributed by atoms with Gasteiger partial charge in [0.15, 0.2) is 11.5 Å². The molecule has 1 amide bonds. The maximum absolute atomic E-state index is 12.5. The molecule has 0 atom stereocenters. The molecule has 170 valence electrons. The molecule has 0 fully saturated rings. The number of esters is 1. The molecule has 33 heavy (non-hydrogen) atoms. The third-order valence-corrected chi connectivity index (χ3v) is 4.69. The fourth-order valence-corrected chi connectivity index (χ4v) is 3.04. The molecule has 0 aliphatic heterocycles. The Balaban J connectivity index is 1.62. The van der Waals surface area contributed by atoms with E-state index in [0.29, 0.717) is 39.1 Å². The first-order chi connectivity index (χ1) is 15.9. The predicted octanol–water partition coefficient (Wildman–Crippen LogP) is 4.35. The molecule has 0 saturated heterocycles. The Morgan fingerprint density at radius 1 is 0.879 bits per heavy atom. The van der Waals surface area contributed by atoms with Gasteiger partial charge in [-0.3, -0.25) is 4.79 Å². The molecule has 0 unspecified atom stereocenters. The van der Waals surface area contributed by atoms with E-state index in [-0.39, 0.29) is 5.56 Å². The number of amides is 1. The maximum atomic E-state index is 12.5. The maximum Gasteiger partial charge on any atom is 0.343 e. The number of methoxy groups -OCH3 is 3. The van der Waals surface area contributed by atoms with Crippen LogP contribution in [-0.2, 0) is 0 Å². The van der Waals surface area contributed by atoms with Crippen molar-refractivity contribution in [1.29, 1.82) is 0 Å². The van der Waals surface area contributed by atoms with Gasteiger partial charge in [-0.1, -0.05) is 17.7 Å². The summed E-state index contributed by atoms with van der Waals surface area (Å²) in [4.78, 5) is 24.6. The van der Waals surface area contributed by atoms with Crippen molar-refractivity contribution in [3.63, 3.8) is 0 Å². The van der Waals surface area contributed by atoms with Gasteiger partial charge in [0.2, 0.25) is 5.75 Å². The van der Waals surface area contributed by atoms with Crippen molar-refractivity contribution in [3.05, 3.63) is 82.4 Å². The van der Waals surface area contributed by atoms with E-state index >= 15 is 0 Å². The molecular weight excluding hydrogens is 448 g/mol. The molecule has 1 N–H and O–H groups in total. The molecule has 3 rings (SSSR count). The van der Waals surface area contributed by atoms with Gasteiger partial charge in [0.05, 0.1) is 33.1 Å². The van der Waals surface area contributed by atoms with E-state index in [0.717, 1.165) is 0 Å². The van der Waals surface area contributed by atoms with Crippen LogP contribution < -0.4 is 24.4 Å². The molecule has 3 aromatic rings.